The summed E-state index contributed by atoms with van der Waals surface area (Å²) >= 11 is 0. The van der Waals surface area contributed by atoms with E-state index in [-0.39, 0.29) is 29.6 Å². The lowest BCUT2D eigenvalue weighted by molar-refractivity contribution is -0.137. The van der Waals surface area contributed by atoms with Crippen molar-refractivity contribution in [1.29, 1.82) is 0 Å². The van der Waals surface area contributed by atoms with Crippen LogP contribution in [0.4, 0.5) is 4.39 Å². The largest absolute Gasteiger partial charge is 0.491 e. The second-order valence-electron chi connectivity index (χ2n) is 10.4. The number of carbonyl (C=O) groups is 2. The molecule has 0 aliphatic carbocycles. The summed E-state index contributed by atoms with van der Waals surface area (Å²) in [5.41, 5.74) is 1.22. The van der Waals surface area contributed by atoms with Crippen molar-refractivity contribution < 1.29 is 23.5 Å². The topological polar surface area (TPSA) is 59.1 Å². The minimum absolute atomic E-state index is 0.00396. The van der Waals surface area contributed by atoms with Crippen molar-refractivity contribution in [2.24, 2.45) is 5.41 Å². The third kappa shape index (κ3) is 7.46. The van der Waals surface area contributed by atoms with E-state index in [0.29, 0.717) is 32.5 Å². The molecule has 4 rings (SSSR count). The number of nitrogens with zero attached hydrogens (tertiary/aromatic N) is 2. The number of amides is 2. The van der Waals surface area contributed by atoms with Gasteiger partial charge >= 0.3 is 0 Å². The van der Waals surface area contributed by atoms with Gasteiger partial charge in [-0.25, -0.2) is 4.39 Å². The molecule has 2 heterocycles. The SMILES string of the molecule is CC(=O)N1CCC2(CCCCc3ccccc3OCCN(C(=O)CCCOc3ccccc3F)C2)CC1. The van der Waals surface area contributed by atoms with E-state index < -0.39 is 5.82 Å². The van der Waals surface area contributed by atoms with E-state index in [9.17, 15) is 14.0 Å². The standard InChI is InChI=1S/C30H39FN2O4/c1-24(34)32-18-16-30(17-19-32)15-7-6-10-25-9-2-4-12-27(25)37-22-20-33(23-30)29(35)14-8-21-36-28-13-5-3-11-26(28)31/h2-5,9,11-13H,6-8,10,14-23H2,1H3. The summed E-state index contributed by atoms with van der Waals surface area (Å²) in [4.78, 5) is 29.2. The Labute approximate surface area is 219 Å². The highest BCUT2D eigenvalue weighted by Crippen LogP contribution is 2.38. The van der Waals surface area contributed by atoms with Crippen LogP contribution in [0.5, 0.6) is 11.5 Å². The van der Waals surface area contributed by atoms with Crippen molar-refractivity contribution in [1.82, 2.24) is 9.80 Å². The summed E-state index contributed by atoms with van der Waals surface area (Å²) in [5, 5.41) is 0. The molecular weight excluding hydrogens is 471 g/mol. The van der Waals surface area contributed by atoms with E-state index in [1.54, 1.807) is 25.1 Å². The first-order chi connectivity index (χ1) is 18.0. The maximum absolute atomic E-state index is 13.8. The van der Waals surface area contributed by atoms with Crippen LogP contribution in [-0.4, -0.2) is 61.0 Å². The Balaban J connectivity index is 1.43. The molecule has 0 bridgehead atoms. The van der Waals surface area contributed by atoms with E-state index in [4.69, 9.17) is 9.47 Å². The first-order valence-corrected chi connectivity index (χ1v) is 13.6. The highest BCUT2D eigenvalue weighted by Gasteiger charge is 2.37. The Morgan fingerprint density at radius 3 is 2.51 bits per heavy atom. The van der Waals surface area contributed by atoms with E-state index in [2.05, 4.69) is 6.07 Å². The highest BCUT2D eigenvalue weighted by atomic mass is 19.1. The maximum atomic E-state index is 13.8. The number of benzene rings is 2. The number of hydrogen-bond acceptors (Lipinski definition) is 4. The number of hydrogen-bond donors (Lipinski definition) is 0. The van der Waals surface area contributed by atoms with Gasteiger partial charge in [0.15, 0.2) is 11.6 Å². The van der Waals surface area contributed by atoms with Crippen LogP contribution in [0, 0.1) is 11.2 Å². The molecule has 2 amide bonds. The molecule has 200 valence electrons. The van der Waals surface area contributed by atoms with E-state index in [1.165, 1.54) is 11.6 Å². The highest BCUT2D eigenvalue weighted by molar-refractivity contribution is 5.76. The molecule has 37 heavy (non-hydrogen) atoms. The predicted molar refractivity (Wildman–Crippen MR) is 141 cm³/mol. The lowest BCUT2D eigenvalue weighted by Gasteiger charge is -2.44. The Hall–Kier alpha value is -3.09. The fourth-order valence-electron chi connectivity index (χ4n) is 5.54. The van der Waals surface area contributed by atoms with Gasteiger partial charge in [-0.15, -0.1) is 0 Å². The molecule has 2 aliphatic heterocycles. The Kier molecular flexibility index (Phi) is 9.42. The van der Waals surface area contributed by atoms with Crippen molar-refractivity contribution in [2.75, 3.05) is 39.4 Å². The van der Waals surface area contributed by atoms with Crippen molar-refractivity contribution in [3.05, 3.63) is 59.9 Å². The van der Waals surface area contributed by atoms with Crippen LogP contribution in [0.2, 0.25) is 0 Å². The van der Waals surface area contributed by atoms with Crippen LogP contribution in [0.15, 0.2) is 48.5 Å². The summed E-state index contributed by atoms with van der Waals surface area (Å²) in [6.45, 7) is 5.02. The second-order valence-corrected chi connectivity index (χ2v) is 10.4. The van der Waals surface area contributed by atoms with Crippen LogP contribution in [0.25, 0.3) is 0 Å². The normalized spacial score (nSPS) is 18.2. The number of halogens is 1. The van der Waals surface area contributed by atoms with E-state index >= 15 is 0 Å². The lowest BCUT2D eigenvalue weighted by Crippen LogP contribution is -2.49. The van der Waals surface area contributed by atoms with Crippen LogP contribution in [0.1, 0.15) is 57.4 Å². The average Bonchev–Trinajstić information content (AvgIpc) is 2.89. The first-order valence-electron chi connectivity index (χ1n) is 13.6. The molecule has 2 aromatic carbocycles. The lowest BCUT2D eigenvalue weighted by atomic mass is 9.73. The van der Waals surface area contributed by atoms with Gasteiger partial charge in [0, 0.05) is 33.0 Å². The van der Waals surface area contributed by atoms with Crippen molar-refractivity contribution in [2.45, 2.75) is 58.3 Å². The van der Waals surface area contributed by atoms with Crippen molar-refractivity contribution >= 4 is 11.8 Å². The zero-order chi connectivity index (χ0) is 26.1. The molecule has 1 spiro atoms. The van der Waals surface area contributed by atoms with Crippen molar-refractivity contribution in [3.8, 4) is 11.5 Å². The van der Waals surface area contributed by atoms with Gasteiger partial charge in [0.05, 0.1) is 13.2 Å². The number of aryl methyl sites for hydroxylation is 1. The number of likely N-dealkylation sites (tertiary alicyclic amines) is 1. The molecule has 6 nitrogen and oxygen atoms in total. The Morgan fingerprint density at radius 2 is 1.73 bits per heavy atom. The Morgan fingerprint density at radius 1 is 0.973 bits per heavy atom. The van der Waals surface area contributed by atoms with Gasteiger partial charge in [-0.05, 0) is 67.7 Å². The van der Waals surface area contributed by atoms with Crippen LogP contribution in [0.3, 0.4) is 0 Å². The summed E-state index contributed by atoms with van der Waals surface area (Å²) in [5.74, 6) is 0.908. The molecule has 0 unspecified atom stereocenters. The third-order valence-electron chi connectivity index (χ3n) is 7.77. The minimum atomic E-state index is -0.395. The number of para-hydroxylation sites is 2. The van der Waals surface area contributed by atoms with Gasteiger partial charge in [-0.2, -0.15) is 0 Å². The molecule has 0 atom stereocenters. The number of ether oxygens (including phenoxy) is 2. The zero-order valence-electron chi connectivity index (χ0n) is 21.9. The summed E-state index contributed by atoms with van der Waals surface area (Å²) < 4.78 is 25.5. The summed E-state index contributed by atoms with van der Waals surface area (Å²) in [6, 6.07) is 14.5. The third-order valence-corrected chi connectivity index (χ3v) is 7.77. The van der Waals surface area contributed by atoms with Crippen molar-refractivity contribution in [3.63, 3.8) is 0 Å². The van der Waals surface area contributed by atoms with Gasteiger partial charge in [-0.1, -0.05) is 36.8 Å². The minimum Gasteiger partial charge on any atom is -0.491 e. The molecular formula is C30H39FN2O4. The van der Waals surface area contributed by atoms with E-state index in [0.717, 1.165) is 57.4 Å². The average molecular weight is 511 g/mol. The molecule has 2 aromatic rings. The summed E-state index contributed by atoms with van der Waals surface area (Å²) in [7, 11) is 0. The number of carbonyl (C=O) groups excluding carboxylic acids is 2. The molecule has 2 aliphatic rings. The molecule has 7 heteroatoms. The van der Waals surface area contributed by atoms with Crippen LogP contribution < -0.4 is 9.47 Å². The molecule has 0 aromatic heterocycles. The fourth-order valence-corrected chi connectivity index (χ4v) is 5.54. The molecule has 0 radical (unpaired) electrons. The maximum Gasteiger partial charge on any atom is 0.222 e. The smallest absolute Gasteiger partial charge is 0.222 e. The molecule has 1 fully saturated rings. The quantitative estimate of drug-likeness (QED) is 0.516. The predicted octanol–water partition coefficient (Wildman–Crippen LogP) is 5.25. The number of fused-ring (bicyclic) bond motifs is 1. The van der Waals surface area contributed by atoms with Gasteiger partial charge in [0.1, 0.15) is 12.4 Å². The molecule has 0 N–H and O–H groups in total. The molecule has 1 saturated heterocycles. The second kappa shape index (κ2) is 12.9. The van der Waals surface area contributed by atoms with E-state index in [1.807, 2.05) is 28.0 Å². The van der Waals surface area contributed by atoms with Gasteiger partial charge in [0.25, 0.3) is 0 Å². The Bertz CT molecular complexity index is 1050. The monoisotopic (exact) mass is 510 g/mol. The first kappa shape index (κ1) is 27.0. The fraction of sp³-hybridized carbons (Fsp3) is 0.533. The van der Waals surface area contributed by atoms with Crippen LogP contribution >= 0.6 is 0 Å². The van der Waals surface area contributed by atoms with Crippen LogP contribution in [-0.2, 0) is 16.0 Å². The number of rotatable bonds is 5. The van der Waals surface area contributed by atoms with Gasteiger partial charge < -0.3 is 19.3 Å². The summed E-state index contributed by atoms with van der Waals surface area (Å²) in [6.07, 6.45) is 6.83. The van der Waals surface area contributed by atoms with Gasteiger partial charge in [0.2, 0.25) is 11.8 Å². The van der Waals surface area contributed by atoms with Gasteiger partial charge in [-0.3, -0.25) is 9.59 Å². The molecule has 0 saturated carbocycles. The number of piperidine rings is 1. The zero-order valence-corrected chi connectivity index (χ0v) is 21.9.